The molecule has 0 radical (unpaired) electrons. The summed E-state index contributed by atoms with van der Waals surface area (Å²) < 4.78 is 2.10. The fourth-order valence-corrected chi connectivity index (χ4v) is 3.18. The Morgan fingerprint density at radius 2 is 2.00 bits per heavy atom. The first-order chi connectivity index (χ1) is 9.65. The Balaban J connectivity index is 2.01. The van der Waals surface area contributed by atoms with Crippen LogP contribution in [0.4, 0.5) is 5.82 Å². The molecular formula is C16H22ClN3. The van der Waals surface area contributed by atoms with Crippen molar-refractivity contribution < 1.29 is 0 Å². The normalized spacial score (nSPS) is 17.0. The molecule has 2 heterocycles. The van der Waals surface area contributed by atoms with Crippen molar-refractivity contribution in [3.8, 4) is 0 Å². The van der Waals surface area contributed by atoms with Crippen LogP contribution in [0.5, 0.6) is 0 Å². The van der Waals surface area contributed by atoms with Gasteiger partial charge in [-0.05, 0) is 30.9 Å². The van der Waals surface area contributed by atoms with Crippen molar-refractivity contribution in [3.05, 3.63) is 29.0 Å². The highest BCUT2D eigenvalue weighted by Gasteiger charge is 2.20. The van der Waals surface area contributed by atoms with Crippen LogP contribution in [0.15, 0.2) is 18.3 Å². The van der Waals surface area contributed by atoms with Gasteiger partial charge in [0, 0.05) is 12.2 Å². The van der Waals surface area contributed by atoms with Crippen molar-refractivity contribution in [3.63, 3.8) is 0 Å². The minimum Gasteiger partial charge on any atom is -0.367 e. The molecule has 0 atom stereocenters. The number of nitrogens with one attached hydrogen (secondary N) is 1. The summed E-state index contributed by atoms with van der Waals surface area (Å²) in [6.45, 7) is 4.38. The first-order valence-electron chi connectivity index (χ1n) is 7.59. The smallest absolute Gasteiger partial charge is 0.138 e. The van der Waals surface area contributed by atoms with Gasteiger partial charge in [0.05, 0.1) is 10.7 Å². The molecule has 1 saturated carbocycles. The summed E-state index contributed by atoms with van der Waals surface area (Å²) in [5, 5.41) is 4.47. The molecule has 1 aliphatic carbocycles. The van der Waals surface area contributed by atoms with E-state index in [1.165, 1.54) is 32.1 Å². The molecule has 0 bridgehead atoms. The molecular weight excluding hydrogens is 270 g/mol. The quantitative estimate of drug-likeness (QED) is 0.875. The van der Waals surface area contributed by atoms with Gasteiger partial charge in [0.15, 0.2) is 0 Å². The predicted octanol–water partition coefficient (Wildman–Crippen LogP) is 4.86. The Bertz CT molecular complexity index is 597. The summed E-state index contributed by atoms with van der Waals surface area (Å²) in [6.07, 6.45) is 8.49. The van der Waals surface area contributed by atoms with Gasteiger partial charge in [0.2, 0.25) is 0 Å². The van der Waals surface area contributed by atoms with Crippen LogP contribution in [0.3, 0.4) is 0 Å². The molecule has 20 heavy (non-hydrogen) atoms. The van der Waals surface area contributed by atoms with Crippen molar-refractivity contribution in [2.24, 2.45) is 0 Å². The van der Waals surface area contributed by atoms with Crippen molar-refractivity contribution >= 4 is 23.1 Å². The molecule has 0 spiro atoms. The molecule has 0 unspecified atom stereocenters. The van der Waals surface area contributed by atoms with E-state index in [-0.39, 0.29) is 0 Å². The van der Waals surface area contributed by atoms with Gasteiger partial charge in [-0.2, -0.15) is 0 Å². The lowest BCUT2D eigenvalue weighted by atomic mass is 9.95. The largest absolute Gasteiger partial charge is 0.367 e. The number of hydrogen-bond donors (Lipinski definition) is 1. The minimum atomic E-state index is 0.403. The molecule has 4 heteroatoms. The van der Waals surface area contributed by atoms with Crippen molar-refractivity contribution in [2.45, 2.75) is 57.9 Å². The van der Waals surface area contributed by atoms with Crippen molar-refractivity contribution in [1.29, 1.82) is 0 Å². The molecule has 108 valence electrons. The monoisotopic (exact) mass is 291 g/mol. The maximum Gasteiger partial charge on any atom is 0.138 e. The molecule has 0 aliphatic heterocycles. The third-order valence-electron chi connectivity index (χ3n) is 4.10. The summed E-state index contributed by atoms with van der Waals surface area (Å²) in [4.78, 5) is 4.76. The van der Waals surface area contributed by atoms with Crippen molar-refractivity contribution in [1.82, 2.24) is 9.38 Å². The fraction of sp³-hybridized carbons (Fsp3) is 0.562. The van der Waals surface area contributed by atoms with E-state index in [4.69, 9.17) is 16.6 Å². The van der Waals surface area contributed by atoms with Crippen LogP contribution in [0, 0.1) is 0 Å². The van der Waals surface area contributed by atoms with Crippen LogP contribution in [-0.4, -0.2) is 15.4 Å². The zero-order chi connectivity index (χ0) is 14.1. The van der Waals surface area contributed by atoms with Crippen LogP contribution >= 0.6 is 11.6 Å². The second kappa shape index (κ2) is 5.65. The zero-order valence-corrected chi connectivity index (χ0v) is 13.0. The third-order valence-corrected chi connectivity index (χ3v) is 4.33. The molecule has 1 fully saturated rings. The molecule has 2 aromatic heterocycles. The van der Waals surface area contributed by atoms with E-state index < -0.39 is 0 Å². The number of hydrogen-bond acceptors (Lipinski definition) is 2. The highest BCUT2D eigenvalue weighted by molar-refractivity contribution is 6.30. The number of aromatic nitrogens is 2. The van der Waals surface area contributed by atoms with Gasteiger partial charge >= 0.3 is 0 Å². The maximum atomic E-state index is 6.15. The number of anilines is 1. The third kappa shape index (κ3) is 2.64. The highest BCUT2D eigenvalue weighted by atomic mass is 35.5. The fourth-order valence-electron chi connectivity index (χ4n) is 3.02. The SMILES string of the molecule is CC(C)c1nc2ccc(Cl)cn2c1NC1CCCCC1. The molecule has 2 aromatic rings. The predicted molar refractivity (Wildman–Crippen MR) is 84.8 cm³/mol. The summed E-state index contributed by atoms with van der Waals surface area (Å²) >= 11 is 6.15. The van der Waals surface area contributed by atoms with E-state index in [0.29, 0.717) is 12.0 Å². The number of halogens is 1. The van der Waals surface area contributed by atoms with E-state index in [0.717, 1.165) is 22.2 Å². The van der Waals surface area contributed by atoms with Crippen LogP contribution in [0.25, 0.3) is 5.65 Å². The maximum absolute atomic E-state index is 6.15. The average Bonchev–Trinajstić information content (AvgIpc) is 2.78. The molecule has 0 amide bonds. The van der Waals surface area contributed by atoms with Gasteiger partial charge in [0.25, 0.3) is 0 Å². The van der Waals surface area contributed by atoms with Gasteiger partial charge in [-0.15, -0.1) is 0 Å². The Kier molecular flexibility index (Phi) is 3.88. The number of pyridine rings is 1. The summed E-state index contributed by atoms with van der Waals surface area (Å²) in [5.41, 5.74) is 2.11. The number of nitrogens with zero attached hydrogens (tertiary/aromatic N) is 2. The summed E-state index contributed by atoms with van der Waals surface area (Å²) in [7, 11) is 0. The van der Waals surface area contributed by atoms with E-state index in [1.54, 1.807) is 0 Å². The lowest BCUT2D eigenvalue weighted by molar-refractivity contribution is 0.461. The van der Waals surface area contributed by atoms with E-state index in [9.17, 15) is 0 Å². The Morgan fingerprint density at radius 3 is 2.70 bits per heavy atom. The summed E-state index contributed by atoms with van der Waals surface area (Å²) in [6, 6.07) is 4.46. The number of imidazole rings is 1. The Hall–Kier alpha value is -1.22. The number of fused-ring (bicyclic) bond motifs is 1. The lowest BCUT2D eigenvalue weighted by Crippen LogP contribution is -2.23. The molecule has 0 saturated heterocycles. The molecule has 1 N–H and O–H groups in total. The molecule has 0 aromatic carbocycles. The Labute approximate surface area is 125 Å². The second-order valence-electron chi connectivity index (χ2n) is 6.06. The van der Waals surface area contributed by atoms with E-state index in [2.05, 4.69) is 23.6 Å². The van der Waals surface area contributed by atoms with Gasteiger partial charge < -0.3 is 5.32 Å². The molecule has 3 nitrogen and oxygen atoms in total. The van der Waals surface area contributed by atoms with Crippen LogP contribution in [-0.2, 0) is 0 Å². The second-order valence-corrected chi connectivity index (χ2v) is 6.49. The Morgan fingerprint density at radius 1 is 1.25 bits per heavy atom. The van der Waals surface area contributed by atoms with Crippen molar-refractivity contribution in [2.75, 3.05) is 5.32 Å². The van der Waals surface area contributed by atoms with Gasteiger partial charge in [0.1, 0.15) is 11.5 Å². The standard InChI is InChI=1S/C16H22ClN3/c1-11(2)15-16(18-13-6-4-3-5-7-13)20-10-12(17)8-9-14(20)19-15/h8-11,13,18H,3-7H2,1-2H3. The molecule has 3 rings (SSSR count). The highest BCUT2D eigenvalue weighted by Crippen LogP contribution is 2.29. The number of rotatable bonds is 3. The topological polar surface area (TPSA) is 29.3 Å². The van der Waals surface area contributed by atoms with E-state index >= 15 is 0 Å². The molecule has 1 aliphatic rings. The lowest BCUT2D eigenvalue weighted by Gasteiger charge is -2.24. The van der Waals surface area contributed by atoms with Gasteiger partial charge in [-0.3, -0.25) is 4.40 Å². The average molecular weight is 292 g/mol. The van der Waals surface area contributed by atoms with Crippen LogP contribution in [0.2, 0.25) is 5.02 Å². The first kappa shape index (κ1) is 13.7. The zero-order valence-electron chi connectivity index (χ0n) is 12.2. The van der Waals surface area contributed by atoms with Crippen LogP contribution in [0.1, 0.15) is 57.6 Å². The van der Waals surface area contributed by atoms with Crippen LogP contribution < -0.4 is 5.32 Å². The summed E-state index contributed by atoms with van der Waals surface area (Å²) in [5.74, 6) is 1.53. The minimum absolute atomic E-state index is 0.403. The first-order valence-corrected chi connectivity index (χ1v) is 7.97. The van der Waals surface area contributed by atoms with Gasteiger partial charge in [-0.1, -0.05) is 44.7 Å². The van der Waals surface area contributed by atoms with E-state index in [1.807, 2.05) is 18.3 Å². The van der Waals surface area contributed by atoms with Gasteiger partial charge in [-0.25, -0.2) is 4.98 Å².